The second-order valence-corrected chi connectivity index (χ2v) is 7.09. The normalized spacial score (nSPS) is 25.9. The highest BCUT2D eigenvalue weighted by Gasteiger charge is 2.52. The Morgan fingerprint density at radius 3 is 2.32 bits per heavy atom. The molecule has 0 N–H and O–H groups in total. The summed E-state index contributed by atoms with van der Waals surface area (Å²) in [7, 11) is -0.409. The molecule has 118 valence electrons. The highest BCUT2D eigenvalue weighted by atomic mass is 16.7. The molecular weight excluding hydrogens is 279 g/mol. The maximum Gasteiger partial charge on any atom is 0.498 e. The molecule has 0 radical (unpaired) electrons. The second-order valence-electron chi connectivity index (χ2n) is 7.09. The van der Waals surface area contributed by atoms with E-state index in [4.69, 9.17) is 20.5 Å². The van der Waals surface area contributed by atoms with Crippen molar-refractivity contribution in [1.82, 2.24) is 9.78 Å². The average molecular weight is 302 g/mol. The number of rotatable bonds is 2. The van der Waals surface area contributed by atoms with Crippen LogP contribution in [0.5, 0.6) is 0 Å². The summed E-state index contributed by atoms with van der Waals surface area (Å²) in [5.41, 5.74) is -0.218. The van der Waals surface area contributed by atoms with Crippen molar-refractivity contribution in [2.75, 3.05) is 13.2 Å². The average Bonchev–Trinajstić information content (AvgIpc) is 3.04. The SMILES string of the molecule is C#CC1(n2cc(B3OC(C)(C)C(C)(C)O3)cn2)CCOCC1. The topological polar surface area (TPSA) is 45.5 Å². The van der Waals surface area contributed by atoms with Crippen molar-refractivity contribution in [3.8, 4) is 12.3 Å². The zero-order valence-corrected chi connectivity index (χ0v) is 13.8. The van der Waals surface area contributed by atoms with Crippen LogP contribution in [-0.2, 0) is 19.6 Å². The van der Waals surface area contributed by atoms with E-state index in [-0.39, 0.29) is 11.2 Å². The van der Waals surface area contributed by atoms with Crippen molar-refractivity contribution in [3.63, 3.8) is 0 Å². The van der Waals surface area contributed by atoms with Crippen LogP contribution in [0.2, 0.25) is 0 Å². The van der Waals surface area contributed by atoms with Gasteiger partial charge in [0.15, 0.2) is 0 Å². The van der Waals surface area contributed by atoms with Crippen molar-refractivity contribution >= 4 is 12.6 Å². The number of hydrogen-bond acceptors (Lipinski definition) is 4. The van der Waals surface area contributed by atoms with Gasteiger partial charge in [0.25, 0.3) is 0 Å². The van der Waals surface area contributed by atoms with Crippen LogP contribution in [0.15, 0.2) is 12.4 Å². The third-order valence-electron chi connectivity index (χ3n) is 5.16. The highest BCUT2D eigenvalue weighted by molar-refractivity contribution is 6.62. The largest absolute Gasteiger partial charge is 0.498 e. The Morgan fingerprint density at radius 1 is 1.18 bits per heavy atom. The fourth-order valence-electron chi connectivity index (χ4n) is 2.82. The standard InChI is InChI=1S/C16H23BN2O3/c1-6-16(7-9-20-10-8-16)19-12-13(11-18-19)17-21-14(2,3)15(4,5)22-17/h1,11-12H,7-10H2,2-5H3. The Morgan fingerprint density at radius 2 is 1.77 bits per heavy atom. The quantitative estimate of drug-likeness (QED) is 0.610. The first-order chi connectivity index (χ1) is 10.3. The predicted molar refractivity (Wildman–Crippen MR) is 84.8 cm³/mol. The number of ether oxygens (including phenoxy) is 1. The number of aromatic nitrogens is 2. The molecule has 6 heteroatoms. The maximum absolute atomic E-state index is 6.07. The van der Waals surface area contributed by atoms with Crippen molar-refractivity contribution in [2.45, 2.75) is 57.3 Å². The molecule has 0 spiro atoms. The summed E-state index contributed by atoms with van der Waals surface area (Å²) in [6, 6.07) is 0. The molecule has 1 aromatic heterocycles. The van der Waals surface area contributed by atoms with Gasteiger partial charge in [-0.05, 0) is 27.7 Å². The van der Waals surface area contributed by atoms with Crippen LogP contribution in [0, 0.1) is 12.3 Å². The summed E-state index contributed by atoms with van der Waals surface area (Å²) >= 11 is 0. The molecule has 0 bridgehead atoms. The molecule has 0 amide bonds. The minimum Gasteiger partial charge on any atom is -0.399 e. The molecule has 3 heterocycles. The van der Waals surface area contributed by atoms with Gasteiger partial charge in [0.05, 0.1) is 11.2 Å². The fourth-order valence-corrected chi connectivity index (χ4v) is 2.82. The van der Waals surface area contributed by atoms with Gasteiger partial charge in [-0.1, -0.05) is 5.92 Å². The molecule has 0 atom stereocenters. The molecular formula is C16H23BN2O3. The van der Waals surface area contributed by atoms with Crippen molar-refractivity contribution in [2.24, 2.45) is 0 Å². The third-order valence-corrected chi connectivity index (χ3v) is 5.16. The molecule has 5 nitrogen and oxygen atoms in total. The van der Waals surface area contributed by atoms with Gasteiger partial charge in [0.1, 0.15) is 5.54 Å². The van der Waals surface area contributed by atoms with Gasteiger partial charge in [-0.2, -0.15) is 5.10 Å². The van der Waals surface area contributed by atoms with Crippen LogP contribution in [0.3, 0.4) is 0 Å². The Bertz CT molecular complexity index is 581. The first kappa shape index (κ1) is 15.6. The van der Waals surface area contributed by atoms with Gasteiger partial charge < -0.3 is 14.0 Å². The van der Waals surface area contributed by atoms with Crippen molar-refractivity contribution < 1.29 is 14.0 Å². The Kier molecular flexibility index (Phi) is 3.63. The van der Waals surface area contributed by atoms with E-state index < -0.39 is 12.7 Å². The molecule has 2 fully saturated rings. The zero-order valence-electron chi connectivity index (χ0n) is 13.8. The van der Waals surface area contributed by atoms with Gasteiger partial charge in [-0.3, -0.25) is 4.68 Å². The Hall–Kier alpha value is -1.29. The van der Waals surface area contributed by atoms with Crippen LogP contribution >= 0.6 is 0 Å². The van der Waals surface area contributed by atoms with Crippen LogP contribution < -0.4 is 5.46 Å². The van der Waals surface area contributed by atoms with Crippen molar-refractivity contribution in [1.29, 1.82) is 0 Å². The summed E-state index contributed by atoms with van der Waals surface area (Å²) < 4.78 is 19.4. The van der Waals surface area contributed by atoms with E-state index in [1.165, 1.54) is 0 Å². The van der Waals surface area contributed by atoms with Gasteiger partial charge in [-0.25, -0.2) is 0 Å². The molecule has 22 heavy (non-hydrogen) atoms. The fraction of sp³-hybridized carbons (Fsp3) is 0.688. The second kappa shape index (κ2) is 5.12. The number of hydrogen-bond donors (Lipinski definition) is 0. The van der Waals surface area contributed by atoms with E-state index in [2.05, 4.69) is 11.0 Å². The molecule has 0 saturated carbocycles. The molecule has 2 aliphatic rings. The van der Waals surface area contributed by atoms with Gasteiger partial charge in [-0.15, -0.1) is 6.42 Å². The summed E-state index contributed by atoms with van der Waals surface area (Å²) in [5.74, 6) is 2.91. The zero-order chi connectivity index (χ0) is 16.0. The van der Waals surface area contributed by atoms with E-state index in [0.717, 1.165) is 18.3 Å². The maximum atomic E-state index is 6.07. The summed E-state index contributed by atoms with van der Waals surface area (Å²) in [5, 5.41) is 4.48. The lowest BCUT2D eigenvalue weighted by Crippen LogP contribution is -2.41. The van der Waals surface area contributed by atoms with Crippen molar-refractivity contribution in [3.05, 3.63) is 12.4 Å². The van der Waals surface area contributed by atoms with Crippen LogP contribution in [-0.4, -0.2) is 41.3 Å². The molecule has 0 unspecified atom stereocenters. The number of terminal acetylenes is 1. The lowest BCUT2D eigenvalue weighted by molar-refractivity contribution is 0.00578. The minimum atomic E-state index is -0.409. The molecule has 3 rings (SSSR count). The molecule has 1 aromatic rings. The van der Waals surface area contributed by atoms with E-state index in [0.29, 0.717) is 13.2 Å². The number of nitrogens with zero attached hydrogens (tertiary/aromatic N) is 2. The van der Waals surface area contributed by atoms with Gasteiger partial charge in [0, 0.05) is 43.9 Å². The molecule has 2 saturated heterocycles. The van der Waals surface area contributed by atoms with E-state index >= 15 is 0 Å². The summed E-state index contributed by atoms with van der Waals surface area (Å²) in [6.45, 7) is 9.49. The smallest absolute Gasteiger partial charge is 0.399 e. The first-order valence-corrected chi connectivity index (χ1v) is 7.76. The first-order valence-electron chi connectivity index (χ1n) is 7.76. The minimum absolute atomic E-state index is 0.359. The van der Waals surface area contributed by atoms with Crippen LogP contribution in [0.1, 0.15) is 40.5 Å². The highest BCUT2D eigenvalue weighted by Crippen LogP contribution is 2.36. The van der Waals surface area contributed by atoms with E-state index in [1.54, 1.807) is 6.20 Å². The lowest BCUT2D eigenvalue weighted by atomic mass is 9.81. The van der Waals surface area contributed by atoms with Crippen LogP contribution in [0.4, 0.5) is 0 Å². The predicted octanol–water partition coefficient (Wildman–Crippen LogP) is 1.32. The lowest BCUT2D eigenvalue weighted by Gasteiger charge is -2.32. The molecule has 0 aromatic carbocycles. The monoisotopic (exact) mass is 302 g/mol. The van der Waals surface area contributed by atoms with E-state index in [9.17, 15) is 0 Å². The Labute approximate surface area is 132 Å². The van der Waals surface area contributed by atoms with Gasteiger partial charge >= 0.3 is 7.12 Å². The van der Waals surface area contributed by atoms with E-state index in [1.807, 2.05) is 38.6 Å². The summed E-state index contributed by atoms with van der Waals surface area (Å²) in [6.07, 6.45) is 11.1. The van der Waals surface area contributed by atoms with Crippen LogP contribution in [0.25, 0.3) is 0 Å². The summed E-state index contributed by atoms with van der Waals surface area (Å²) in [4.78, 5) is 0. The molecule has 2 aliphatic heterocycles. The van der Waals surface area contributed by atoms with Gasteiger partial charge in [0.2, 0.25) is 0 Å². The Balaban J connectivity index is 1.85. The third kappa shape index (κ3) is 2.38. The molecule has 0 aliphatic carbocycles.